The van der Waals surface area contributed by atoms with Crippen molar-refractivity contribution < 1.29 is 33.6 Å². The molecule has 0 saturated heterocycles. The summed E-state index contributed by atoms with van der Waals surface area (Å²) in [5, 5.41) is 17.8. The average molecular weight is 383 g/mol. The SMILES string of the molecule is OCCC1C=C[N+](CCOCCOCCOCCn2cc[n+](CCO)c2)=C1. The molecule has 0 bridgehead atoms. The van der Waals surface area contributed by atoms with E-state index in [4.69, 9.17) is 24.4 Å². The second-order valence-corrected chi connectivity index (χ2v) is 6.35. The minimum Gasteiger partial charge on any atom is -0.396 e. The predicted octanol–water partition coefficient (Wildman–Crippen LogP) is -0.573. The number of allylic oxidation sites excluding steroid dienone is 1. The van der Waals surface area contributed by atoms with E-state index < -0.39 is 0 Å². The Bertz CT molecular complexity index is 573. The van der Waals surface area contributed by atoms with Gasteiger partial charge in [0.25, 0.3) is 0 Å². The molecule has 8 nitrogen and oxygen atoms in total. The Morgan fingerprint density at radius 2 is 1.63 bits per heavy atom. The summed E-state index contributed by atoms with van der Waals surface area (Å²) < 4.78 is 22.7. The fourth-order valence-electron chi connectivity index (χ4n) is 2.74. The van der Waals surface area contributed by atoms with Gasteiger partial charge < -0.3 is 24.4 Å². The highest BCUT2D eigenvalue weighted by Gasteiger charge is 2.15. The van der Waals surface area contributed by atoms with Crippen LogP contribution < -0.4 is 4.57 Å². The van der Waals surface area contributed by atoms with Crippen LogP contribution in [0.15, 0.2) is 31.0 Å². The summed E-state index contributed by atoms with van der Waals surface area (Å²) in [4.78, 5) is 0. The summed E-state index contributed by atoms with van der Waals surface area (Å²) in [6.45, 7) is 6.12. The molecule has 0 spiro atoms. The van der Waals surface area contributed by atoms with Crippen molar-refractivity contribution in [2.24, 2.45) is 5.92 Å². The first kappa shape index (κ1) is 21.7. The fraction of sp³-hybridized carbons (Fsp3) is 0.684. The Labute approximate surface area is 160 Å². The van der Waals surface area contributed by atoms with Gasteiger partial charge in [0.1, 0.15) is 32.1 Å². The molecule has 152 valence electrons. The standard InChI is InChI=1S/C19H33N3O5/c23-9-2-19-1-3-20(17-19)7-11-25-13-15-27-16-14-26-12-8-22-5-4-21(18-22)6-10-24/h1,3-5,17-19,23-24H,2,6-16H2/q+2. The van der Waals surface area contributed by atoms with Crippen LogP contribution >= 0.6 is 0 Å². The number of aliphatic hydroxyl groups is 2. The molecule has 2 N–H and O–H groups in total. The van der Waals surface area contributed by atoms with Crippen molar-refractivity contribution in [1.82, 2.24) is 4.57 Å². The van der Waals surface area contributed by atoms with Gasteiger partial charge in [-0.15, -0.1) is 0 Å². The van der Waals surface area contributed by atoms with Crippen molar-refractivity contribution in [3.63, 3.8) is 0 Å². The minimum atomic E-state index is 0.144. The molecule has 1 aromatic rings. The van der Waals surface area contributed by atoms with Crippen LogP contribution in [-0.4, -0.2) is 85.0 Å². The number of nitrogens with zero attached hydrogens (tertiary/aromatic N) is 3. The summed E-state index contributed by atoms with van der Waals surface area (Å²) in [7, 11) is 0. The summed E-state index contributed by atoms with van der Waals surface area (Å²) in [6.07, 6.45) is 12.9. The summed E-state index contributed by atoms with van der Waals surface area (Å²) in [6, 6.07) is 0. The molecule has 0 amide bonds. The largest absolute Gasteiger partial charge is 0.396 e. The zero-order valence-corrected chi connectivity index (χ0v) is 16.0. The van der Waals surface area contributed by atoms with E-state index in [9.17, 15) is 0 Å². The number of imidazole rings is 1. The number of hydrogen-bond donors (Lipinski definition) is 2. The van der Waals surface area contributed by atoms with Gasteiger partial charge >= 0.3 is 0 Å². The van der Waals surface area contributed by atoms with Crippen molar-refractivity contribution in [2.45, 2.75) is 19.5 Å². The number of rotatable bonds is 16. The van der Waals surface area contributed by atoms with E-state index in [1.54, 1.807) is 0 Å². The maximum Gasteiger partial charge on any atom is 0.243 e. The van der Waals surface area contributed by atoms with E-state index in [2.05, 4.69) is 16.9 Å². The van der Waals surface area contributed by atoms with Crippen LogP contribution in [0.4, 0.5) is 0 Å². The van der Waals surface area contributed by atoms with Crippen LogP contribution in [0.3, 0.4) is 0 Å². The lowest BCUT2D eigenvalue weighted by Crippen LogP contribution is -2.32. The Morgan fingerprint density at radius 1 is 0.889 bits per heavy atom. The first-order chi connectivity index (χ1) is 13.3. The lowest BCUT2D eigenvalue weighted by Gasteiger charge is -2.05. The summed E-state index contributed by atoms with van der Waals surface area (Å²) in [5.41, 5.74) is 0. The van der Waals surface area contributed by atoms with Gasteiger partial charge in [-0.3, -0.25) is 0 Å². The smallest absolute Gasteiger partial charge is 0.243 e. The number of aromatic nitrogens is 2. The van der Waals surface area contributed by atoms with E-state index in [0.29, 0.717) is 52.1 Å². The van der Waals surface area contributed by atoms with Gasteiger partial charge in [-0.2, -0.15) is 0 Å². The molecule has 1 aromatic heterocycles. The molecule has 1 aliphatic rings. The topological polar surface area (TPSA) is 80.0 Å². The maximum absolute atomic E-state index is 8.92. The Hall–Kier alpha value is -1.58. The van der Waals surface area contributed by atoms with Gasteiger partial charge in [-0.05, 0) is 12.5 Å². The van der Waals surface area contributed by atoms with Gasteiger partial charge in [0.05, 0.1) is 45.6 Å². The van der Waals surface area contributed by atoms with E-state index >= 15 is 0 Å². The average Bonchev–Trinajstić information content (AvgIpc) is 3.30. The van der Waals surface area contributed by atoms with E-state index in [-0.39, 0.29) is 13.2 Å². The lowest BCUT2D eigenvalue weighted by atomic mass is 10.1. The van der Waals surface area contributed by atoms with Crippen molar-refractivity contribution in [1.29, 1.82) is 0 Å². The van der Waals surface area contributed by atoms with Crippen molar-refractivity contribution in [3.8, 4) is 0 Å². The van der Waals surface area contributed by atoms with Gasteiger partial charge in [0, 0.05) is 6.61 Å². The Morgan fingerprint density at radius 3 is 2.37 bits per heavy atom. The molecule has 2 heterocycles. The predicted molar refractivity (Wildman–Crippen MR) is 99.7 cm³/mol. The monoisotopic (exact) mass is 383 g/mol. The van der Waals surface area contributed by atoms with E-state index in [1.807, 2.05) is 34.1 Å². The van der Waals surface area contributed by atoms with Crippen LogP contribution in [0, 0.1) is 5.92 Å². The molecule has 1 aliphatic heterocycles. The molecule has 1 unspecified atom stereocenters. The molecular formula is C19H33N3O5+2. The van der Waals surface area contributed by atoms with Crippen LogP contribution in [0.25, 0.3) is 0 Å². The highest BCUT2D eigenvalue weighted by atomic mass is 16.5. The second kappa shape index (κ2) is 13.6. The van der Waals surface area contributed by atoms with Crippen LogP contribution in [0.1, 0.15) is 6.42 Å². The first-order valence-corrected chi connectivity index (χ1v) is 9.60. The first-order valence-electron chi connectivity index (χ1n) is 9.60. The fourth-order valence-corrected chi connectivity index (χ4v) is 2.74. The van der Waals surface area contributed by atoms with E-state index in [1.165, 1.54) is 0 Å². The van der Waals surface area contributed by atoms with Gasteiger partial charge in [0.15, 0.2) is 19.0 Å². The van der Waals surface area contributed by atoms with E-state index in [0.717, 1.165) is 19.5 Å². The Balaban J connectivity index is 1.36. The molecule has 0 radical (unpaired) electrons. The molecule has 0 aromatic carbocycles. The molecule has 2 rings (SSSR count). The zero-order chi connectivity index (χ0) is 19.2. The summed E-state index contributed by atoms with van der Waals surface area (Å²) >= 11 is 0. The third-order valence-corrected chi connectivity index (χ3v) is 4.21. The quantitative estimate of drug-likeness (QED) is 0.295. The van der Waals surface area contributed by atoms with Crippen molar-refractivity contribution in [3.05, 3.63) is 31.0 Å². The highest BCUT2D eigenvalue weighted by molar-refractivity contribution is 5.60. The van der Waals surface area contributed by atoms with Crippen LogP contribution in [0.5, 0.6) is 0 Å². The summed E-state index contributed by atoms with van der Waals surface area (Å²) in [5.74, 6) is 0.345. The Kier molecular flexibility index (Phi) is 10.9. The van der Waals surface area contributed by atoms with Crippen LogP contribution in [0.2, 0.25) is 0 Å². The van der Waals surface area contributed by atoms with Gasteiger partial charge in [-0.25, -0.2) is 13.7 Å². The second-order valence-electron chi connectivity index (χ2n) is 6.35. The molecular weight excluding hydrogens is 350 g/mol. The molecule has 1 atom stereocenters. The zero-order valence-electron chi connectivity index (χ0n) is 16.0. The van der Waals surface area contributed by atoms with Gasteiger partial charge in [-0.1, -0.05) is 0 Å². The molecule has 0 aliphatic carbocycles. The van der Waals surface area contributed by atoms with Crippen molar-refractivity contribution >= 4 is 6.21 Å². The normalized spacial score (nSPS) is 16.2. The minimum absolute atomic E-state index is 0.144. The number of ether oxygens (including phenoxy) is 3. The maximum atomic E-state index is 8.92. The van der Waals surface area contributed by atoms with Crippen molar-refractivity contribution in [2.75, 3.05) is 59.4 Å². The molecule has 0 saturated carbocycles. The molecule has 0 fully saturated rings. The molecule has 8 heteroatoms. The number of hydrogen-bond acceptors (Lipinski definition) is 5. The lowest BCUT2D eigenvalue weighted by molar-refractivity contribution is -0.697. The number of aliphatic hydroxyl groups excluding tert-OH is 2. The molecule has 27 heavy (non-hydrogen) atoms. The highest BCUT2D eigenvalue weighted by Crippen LogP contribution is 2.07. The van der Waals surface area contributed by atoms with Crippen LogP contribution in [-0.2, 0) is 27.3 Å². The van der Waals surface area contributed by atoms with Gasteiger partial charge in [0.2, 0.25) is 6.33 Å². The third kappa shape index (κ3) is 9.25. The third-order valence-electron chi connectivity index (χ3n) is 4.21.